The minimum atomic E-state index is -4.26. The van der Waals surface area contributed by atoms with Crippen molar-refractivity contribution in [2.45, 2.75) is 192 Å². The molecular formula is C35H72NO9P. The van der Waals surface area contributed by atoms with Crippen LogP contribution in [-0.2, 0) is 18.7 Å². The Morgan fingerprint density at radius 1 is 0.630 bits per heavy atom. The molecule has 0 saturated carbocycles. The molecule has 0 bridgehead atoms. The van der Waals surface area contributed by atoms with Crippen molar-refractivity contribution < 1.29 is 43.8 Å². The molecule has 0 unspecified atom stereocenters. The number of aliphatic hydroxyl groups excluding tert-OH is 2. The second-order valence-electron chi connectivity index (χ2n) is 12.7. The zero-order valence-corrected chi connectivity index (χ0v) is 30.4. The number of nitrogens with two attached hydrogens (primary N) is 1. The first-order chi connectivity index (χ1) is 22.0. The molecule has 0 saturated heterocycles. The number of aliphatic hydroxyl groups is 3. The van der Waals surface area contributed by atoms with E-state index in [2.05, 4.69) is 18.4 Å². The van der Waals surface area contributed by atoms with E-state index in [-0.39, 0.29) is 26.0 Å². The van der Waals surface area contributed by atoms with Crippen LogP contribution in [-0.4, -0.2) is 68.1 Å². The number of carbonyl (C=O) groups excluding carboxylic acids is 2. The highest BCUT2D eigenvalue weighted by Gasteiger charge is 2.48. The van der Waals surface area contributed by atoms with Gasteiger partial charge in [-0.15, -0.1) is 0 Å². The lowest BCUT2D eigenvalue weighted by Crippen LogP contribution is -2.57. The molecule has 11 heteroatoms. The average molecular weight is 682 g/mol. The molecule has 0 radical (unpaired) electrons. The predicted octanol–water partition coefficient (Wildman–Crippen LogP) is 7.45. The second kappa shape index (κ2) is 32.8. The topological polar surface area (TPSA) is 188 Å². The van der Waals surface area contributed by atoms with Crippen molar-refractivity contribution in [1.82, 2.24) is 0 Å². The van der Waals surface area contributed by atoms with Crippen molar-refractivity contribution in [3.8, 4) is 0 Å². The summed E-state index contributed by atoms with van der Waals surface area (Å²) in [6.07, 6.45) is 26.5. The van der Waals surface area contributed by atoms with Crippen molar-refractivity contribution in [3.63, 3.8) is 0 Å². The zero-order chi connectivity index (χ0) is 34.9. The molecule has 0 aliphatic heterocycles. The molecule has 0 aromatic carbocycles. The number of hydrogen-bond acceptors (Lipinski definition) is 8. The van der Waals surface area contributed by atoms with E-state index in [1.807, 2.05) is 0 Å². The fourth-order valence-corrected chi connectivity index (χ4v) is 5.81. The highest BCUT2D eigenvalue weighted by molar-refractivity contribution is 7.46. The summed E-state index contributed by atoms with van der Waals surface area (Å²) in [6, 6.07) is 0. The van der Waals surface area contributed by atoms with Gasteiger partial charge in [0.05, 0.1) is 13.2 Å². The van der Waals surface area contributed by atoms with E-state index in [0.29, 0.717) is 12.8 Å². The Labute approximate surface area is 280 Å². The van der Waals surface area contributed by atoms with Crippen LogP contribution in [0.1, 0.15) is 181 Å². The lowest BCUT2D eigenvalue weighted by Gasteiger charge is -2.29. The molecule has 1 atom stereocenters. The summed E-state index contributed by atoms with van der Waals surface area (Å²) in [5, 5.41) is 30.4. The van der Waals surface area contributed by atoms with E-state index in [0.717, 1.165) is 38.5 Å². The maximum Gasteiger partial charge on any atom is 0.469 e. The minimum absolute atomic E-state index is 0.0647. The van der Waals surface area contributed by atoms with Gasteiger partial charge in [-0.25, -0.2) is 4.57 Å². The molecule has 0 aromatic rings. The number of rotatable bonds is 33. The van der Waals surface area contributed by atoms with Gasteiger partial charge in [-0.2, -0.15) is 0 Å². The maximum atomic E-state index is 12.8. The van der Waals surface area contributed by atoms with E-state index in [1.54, 1.807) is 0 Å². The summed E-state index contributed by atoms with van der Waals surface area (Å²) >= 11 is 0. The monoisotopic (exact) mass is 681 g/mol. The van der Waals surface area contributed by atoms with E-state index >= 15 is 0 Å². The SMILES string of the molecule is CCCCCCCCCCCCCCC(=O)C(O)(C(=O)CCCCCCCCCCCCCC)[C@@H](O)CO.NCCOP(=O)(O)O. The maximum absolute atomic E-state index is 12.8. The minimum Gasteiger partial charge on any atom is -0.394 e. The lowest BCUT2D eigenvalue weighted by atomic mass is 9.82. The van der Waals surface area contributed by atoms with E-state index < -0.39 is 37.7 Å². The third-order valence-corrected chi connectivity index (χ3v) is 8.92. The van der Waals surface area contributed by atoms with Crippen LogP contribution in [0.3, 0.4) is 0 Å². The molecule has 0 fully saturated rings. The average Bonchev–Trinajstić information content (AvgIpc) is 3.03. The first-order valence-electron chi connectivity index (χ1n) is 18.5. The largest absolute Gasteiger partial charge is 0.469 e. The summed E-state index contributed by atoms with van der Waals surface area (Å²) in [6.45, 7) is 3.68. The van der Waals surface area contributed by atoms with E-state index in [4.69, 9.17) is 15.5 Å². The van der Waals surface area contributed by atoms with Crippen LogP contribution in [0.2, 0.25) is 0 Å². The van der Waals surface area contributed by atoms with Crippen molar-refractivity contribution >= 4 is 19.4 Å². The molecule has 0 amide bonds. The van der Waals surface area contributed by atoms with Gasteiger partial charge >= 0.3 is 7.82 Å². The van der Waals surface area contributed by atoms with Crippen LogP contribution in [0.25, 0.3) is 0 Å². The van der Waals surface area contributed by atoms with Gasteiger partial charge in [0, 0.05) is 19.4 Å². The molecule has 0 aliphatic carbocycles. The van der Waals surface area contributed by atoms with Crippen LogP contribution in [0.15, 0.2) is 0 Å². The number of phosphoric acid groups is 1. The third-order valence-electron chi connectivity index (χ3n) is 8.40. The van der Waals surface area contributed by atoms with E-state index in [1.165, 1.54) is 103 Å². The third kappa shape index (κ3) is 28.3. The van der Waals surface area contributed by atoms with Gasteiger partial charge in [0.15, 0.2) is 11.6 Å². The number of Topliss-reactive ketones (excluding diaryl/α,β-unsaturated/α-hetero) is 2. The Hall–Kier alpha value is -0.710. The van der Waals surface area contributed by atoms with Gasteiger partial charge < -0.3 is 30.8 Å². The number of unbranched alkanes of at least 4 members (excludes halogenated alkanes) is 22. The van der Waals surface area contributed by atoms with Gasteiger partial charge in [-0.05, 0) is 12.8 Å². The standard InChI is InChI=1S/C33H64O5.C2H8NO4P/c1-3-5-7-9-11-13-15-17-19-21-23-25-27-30(35)33(38,32(37)29-34)31(36)28-26-24-22-20-18-16-14-12-10-8-6-4-2;3-1-2-7-8(4,5)6/h32,34,37-38H,3-29H2,1-2H3;1-3H2,(H2,4,5,6)/t32-;/m0./s1. The Morgan fingerprint density at radius 3 is 1.13 bits per heavy atom. The fraction of sp³-hybridized carbons (Fsp3) is 0.943. The van der Waals surface area contributed by atoms with Crippen LogP contribution < -0.4 is 5.73 Å². The van der Waals surface area contributed by atoms with E-state index in [9.17, 15) is 29.5 Å². The van der Waals surface area contributed by atoms with Crippen LogP contribution in [0.5, 0.6) is 0 Å². The first-order valence-corrected chi connectivity index (χ1v) is 20.0. The summed E-state index contributed by atoms with van der Waals surface area (Å²) in [5.74, 6) is -1.29. The molecule has 0 heterocycles. The first kappa shape index (κ1) is 47.4. The summed E-state index contributed by atoms with van der Waals surface area (Å²) in [4.78, 5) is 41.5. The molecule has 7 N–H and O–H groups in total. The highest BCUT2D eigenvalue weighted by atomic mass is 31.2. The van der Waals surface area contributed by atoms with Crippen molar-refractivity contribution in [3.05, 3.63) is 0 Å². The number of ketones is 2. The second-order valence-corrected chi connectivity index (χ2v) is 13.9. The predicted molar refractivity (Wildman–Crippen MR) is 186 cm³/mol. The summed E-state index contributed by atoms with van der Waals surface area (Å²) in [5.41, 5.74) is 2.40. The molecule has 0 rings (SSSR count). The van der Waals surface area contributed by atoms with Gasteiger partial charge in [-0.1, -0.05) is 155 Å². The van der Waals surface area contributed by atoms with Gasteiger partial charge in [0.25, 0.3) is 0 Å². The molecular weight excluding hydrogens is 609 g/mol. The van der Waals surface area contributed by atoms with Gasteiger partial charge in [0.2, 0.25) is 5.60 Å². The van der Waals surface area contributed by atoms with Crippen molar-refractivity contribution in [1.29, 1.82) is 0 Å². The molecule has 0 aliphatic rings. The summed E-state index contributed by atoms with van der Waals surface area (Å²) < 4.78 is 13.7. The molecule has 276 valence electrons. The Morgan fingerprint density at radius 2 is 0.913 bits per heavy atom. The van der Waals surface area contributed by atoms with Crippen LogP contribution in [0, 0.1) is 0 Å². The molecule has 46 heavy (non-hydrogen) atoms. The normalized spacial score (nSPS) is 12.5. The molecule has 10 nitrogen and oxygen atoms in total. The fourth-order valence-electron chi connectivity index (χ4n) is 5.47. The Kier molecular flexibility index (Phi) is 33.8. The van der Waals surface area contributed by atoms with Crippen molar-refractivity contribution in [2.75, 3.05) is 19.8 Å². The smallest absolute Gasteiger partial charge is 0.394 e. The Bertz CT molecular complexity index is 708. The number of hydrogen-bond donors (Lipinski definition) is 6. The van der Waals surface area contributed by atoms with Crippen LogP contribution in [0.4, 0.5) is 0 Å². The molecule has 0 aromatic heterocycles. The Balaban J connectivity index is 0. The van der Waals surface area contributed by atoms with Gasteiger partial charge in [-0.3, -0.25) is 14.1 Å². The zero-order valence-electron chi connectivity index (χ0n) is 29.5. The lowest BCUT2D eigenvalue weighted by molar-refractivity contribution is -0.166. The van der Waals surface area contributed by atoms with Crippen molar-refractivity contribution in [2.24, 2.45) is 5.73 Å². The highest BCUT2D eigenvalue weighted by Crippen LogP contribution is 2.34. The molecule has 0 spiro atoms. The number of phosphoric ester groups is 1. The number of carbonyl (C=O) groups is 2. The summed E-state index contributed by atoms with van der Waals surface area (Å²) in [7, 11) is -4.26. The van der Waals surface area contributed by atoms with Crippen LogP contribution >= 0.6 is 7.82 Å². The quantitative estimate of drug-likeness (QED) is 0.0231. The van der Waals surface area contributed by atoms with Gasteiger partial charge in [0.1, 0.15) is 6.10 Å².